The van der Waals surface area contributed by atoms with Crippen molar-refractivity contribution < 1.29 is 18.3 Å². The van der Waals surface area contributed by atoms with Crippen LogP contribution in [0.2, 0.25) is 0 Å². The Labute approximate surface area is 199 Å². The number of aliphatic hydroxyl groups excluding tert-OH is 1. The molecule has 0 spiro atoms. The molecular formula is C29H45F3O. The van der Waals surface area contributed by atoms with Crippen LogP contribution in [0.5, 0.6) is 0 Å². The fourth-order valence-corrected chi connectivity index (χ4v) is 7.66. The van der Waals surface area contributed by atoms with Crippen LogP contribution in [0, 0.1) is 41.4 Å². The maximum Gasteiger partial charge on any atom is 0.241 e. The predicted molar refractivity (Wildman–Crippen MR) is 129 cm³/mol. The Morgan fingerprint density at radius 3 is 1.91 bits per heavy atom. The second-order valence-electron chi connectivity index (χ2n) is 11.7. The highest BCUT2D eigenvalue weighted by molar-refractivity contribution is 5.30. The summed E-state index contributed by atoms with van der Waals surface area (Å²) in [5.41, 5.74) is 1.21. The molecule has 4 aliphatic carbocycles. The first-order valence-corrected chi connectivity index (χ1v) is 14.0. The number of alkyl halides is 2. The number of rotatable bonds is 7. The fraction of sp³-hybridized carbons (Fsp3) is 0.862. The monoisotopic (exact) mass is 466 g/mol. The highest BCUT2D eigenvalue weighted by Gasteiger charge is 2.37. The van der Waals surface area contributed by atoms with Crippen LogP contribution in [0.4, 0.5) is 13.2 Å². The predicted octanol–water partition coefficient (Wildman–Crippen LogP) is 8.63. The molecule has 3 fully saturated rings. The highest BCUT2D eigenvalue weighted by atomic mass is 19.3. The molecule has 0 bridgehead atoms. The van der Waals surface area contributed by atoms with E-state index in [-0.39, 0.29) is 23.8 Å². The summed E-state index contributed by atoms with van der Waals surface area (Å²) < 4.78 is 41.1. The molecule has 0 aromatic rings. The second-order valence-corrected chi connectivity index (χ2v) is 11.7. The van der Waals surface area contributed by atoms with Gasteiger partial charge in [-0.15, -0.1) is 0 Å². The van der Waals surface area contributed by atoms with Gasteiger partial charge >= 0.3 is 0 Å². The standard InChI is InChI=1S/C29H45F3O/c1-2-3-28(33)23-12-6-21(7-13-23)25-16-17-26(27(30)18-25)22-10-4-19(5-11-22)20-8-14-24(15-9-20)29(31)32/h16,18-24,26,28-29,33H,2-15,17H2,1H3. The van der Waals surface area contributed by atoms with E-state index in [9.17, 15) is 13.9 Å². The van der Waals surface area contributed by atoms with Crippen molar-refractivity contribution in [2.24, 2.45) is 41.4 Å². The van der Waals surface area contributed by atoms with Crippen molar-refractivity contribution in [2.45, 2.75) is 116 Å². The number of allylic oxidation sites excluding steroid dienone is 4. The van der Waals surface area contributed by atoms with Gasteiger partial charge in [0.1, 0.15) is 5.83 Å². The van der Waals surface area contributed by atoms with Gasteiger partial charge in [0.05, 0.1) is 6.10 Å². The third-order valence-electron chi connectivity index (χ3n) is 9.86. The summed E-state index contributed by atoms with van der Waals surface area (Å²) in [7, 11) is 0. The molecule has 188 valence electrons. The maximum atomic E-state index is 15.2. The molecule has 0 radical (unpaired) electrons. The maximum absolute atomic E-state index is 15.2. The Bertz CT molecular complexity index is 662. The topological polar surface area (TPSA) is 20.2 Å². The van der Waals surface area contributed by atoms with E-state index in [2.05, 4.69) is 13.0 Å². The normalized spacial score (nSPS) is 39.2. The first-order chi connectivity index (χ1) is 16.0. The van der Waals surface area contributed by atoms with E-state index in [1.165, 1.54) is 5.57 Å². The molecule has 0 aliphatic heterocycles. The molecular weight excluding hydrogens is 421 g/mol. The first-order valence-electron chi connectivity index (χ1n) is 14.0. The average Bonchev–Trinajstić information content (AvgIpc) is 2.84. The van der Waals surface area contributed by atoms with E-state index >= 15 is 4.39 Å². The Hall–Kier alpha value is -0.770. The van der Waals surface area contributed by atoms with Gasteiger partial charge in [-0.25, -0.2) is 13.2 Å². The third-order valence-corrected chi connectivity index (χ3v) is 9.86. The van der Waals surface area contributed by atoms with Crippen LogP contribution in [-0.4, -0.2) is 17.6 Å². The quantitative estimate of drug-likeness (QED) is 0.398. The zero-order valence-corrected chi connectivity index (χ0v) is 20.5. The average molecular weight is 467 g/mol. The molecule has 0 aromatic heterocycles. The molecule has 0 amide bonds. The largest absolute Gasteiger partial charge is 0.393 e. The molecule has 1 N–H and O–H groups in total. The van der Waals surface area contributed by atoms with E-state index in [1.54, 1.807) is 0 Å². The van der Waals surface area contributed by atoms with Gasteiger partial charge in [-0.2, -0.15) is 0 Å². The lowest BCUT2D eigenvalue weighted by molar-refractivity contribution is 0.0328. The number of aliphatic hydroxyl groups is 1. The Balaban J connectivity index is 1.22. The van der Waals surface area contributed by atoms with Crippen molar-refractivity contribution in [3.8, 4) is 0 Å². The Morgan fingerprint density at radius 2 is 1.36 bits per heavy atom. The van der Waals surface area contributed by atoms with Crippen molar-refractivity contribution in [1.29, 1.82) is 0 Å². The SMILES string of the molecule is CCCC(O)C1CCC(C2=CCC(C3CCC(C4CCC(C(F)F)CC4)CC3)C(F)=C2)CC1. The van der Waals surface area contributed by atoms with Gasteiger partial charge in [-0.1, -0.05) is 19.4 Å². The van der Waals surface area contributed by atoms with Crippen LogP contribution in [0.15, 0.2) is 23.6 Å². The second kappa shape index (κ2) is 11.8. The summed E-state index contributed by atoms with van der Waals surface area (Å²) in [6.45, 7) is 2.12. The number of halogens is 3. The third kappa shape index (κ3) is 6.27. The molecule has 0 saturated heterocycles. The minimum absolute atomic E-state index is 0.0481. The van der Waals surface area contributed by atoms with Crippen molar-refractivity contribution in [2.75, 3.05) is 0 Å². The van der Waals surface area contributed by atoms with Gasteiger partial charge in [0.2, 0.25) is 6.43 Å². The van der Waals surface area contributed by atoms with E-state index in [0.717, 1.165) is 83.5 Å². The Kier molecular flexibility index (Phi) is 9.04. The lowest BCUT2D eigenvalue weighted by Crippen LogP contribution is -2.30. The van der Waals surface area contributed by atoms with Crippen LogP contribution in [0.25, 0.3) is 0 Å². The summed E-state index contributed by atoms with van der Waals surface area (Å²) in [5.74, 6) is 2.37. The molecule has 4 aliphatic rings. The molecule has 2 unspecified atom stereocenters. The molecule has 2 atom stereocenters. The highest BCUT2D eigenvalue weighted by Crippen LogP contribution is 2.47. The zero-order chi connectivity index (χ0) is 23.4. The molecule has 1 nitrogen and oxygen atoms in total. The van der Waals surface area contributed by atoms with E-state index in [1.807, 2.05) is 6.08 Å². The summed E-state index contributed by atoms with van der Waals surface area (Å²) in [4.78, 5) is 0. The van der Waals surface area contributed by atoms with Crippen LogP contribution in [0.3, 0.4) is 0 Å². The smallest absolute Gasteiger partial charge is 0.241 e. The first kappa shape index (κ1) is 25.3. The Morgan fingerprint density at radius 1 is 0.818 bits per heavy atom. The summed E-state index contributed by atoms with van der Waals surface area (Å²) in [6, 6.07) is 0. The summed E-state index contributed by atoms with van der Waals surface area (Å²) in [6.07, 6.45) is 16.7. The number of hydrogen-bond donors (Lipinski definition) is 1. The lowest BCUT2D eigenvalue weighted by Gasteiger charge is -2.40. The fourth-order valence-electron chi connectivity index (χ4n) is 7.66. The zero-order valence-electron chi connectivity index (χ0n) is 20.5. The lowest BCUT2D eigenvalue weighted by atomic mass is 9.66. The molecule has 3 saturated carbocycles. The van der Waals surface area contributed by atoms with Gasteiger partial charge in [-0.05, 0) is 131 Å². The van der Waals surface area contributed by atoms with Crippen LogP contribution in [-0.2, 0) is 0 Å². The molecule has 0 heterocycles. The summed E-state index contributed by atoms with van der Waals surface area (Å²) >= 11 is 0. The van der Waals surface area contributed by atoms with Crippen molar-refractivity contribution >= 4 is 0 Å². The van der Waals surface area contributed by atoms with Crippen molar-refractivity contribution in [3.05, 3.63) is 23.6 Å². The van der Waals surface area contributed by atoms with Crippen LogP contribution in [0.1, 0.15) is 103 Å². The van der Waals surface area contributed by atoms with Crippen molar-refractivity contribution in [1.82, 2.24) is 0 Å². The van der Waals surface area contributed by atoms with Gasteiger partial charge in [0, 0.05) is 11.8 Å². The van der Waals surface area contributed by atoms with Gasteiger partial charge in [-0.3, -0.25) is 0 Å². The van der Waals surface area contributed by atoms with E-state index in [0.29, 0.717) is 42.4 Å². The van der Waals surface area contributed by atoms with Crippen molar-refractivity contribution in [3.63, 3.8) is 0 Å². The number of hydrogen-bond acceptors (Lipinski definition) is 1. The molecule has 4 heteroatoms. The van der Waals surface area contributed by atoms with Gasteiger partial charge in [0.25, 0.3) is 0 Å². The molecule has 33 heavy (non-hydrogen) atoms. The van der Waals surface area contributed by atoms with E-state index in [4.69, 9.17) is 0 Å². The minimum atomic E-state index is -2.15. The van der Waals surface area contributed by atoms with Crippen LogP contribution < -0.4 is 0 Å². The van der Waals surface area contributed by atoms with Gasteiger partial charge in [0.15, 0.2) is 0 Å². The summed E-state index contributed by atoms with van der Waals surface area (Å²) in [5, 5.41) is 10.3. The molecule has 0 aromatic carbocycles. The van der Waals surface area contributed by atoms with Gasteiger partial charge < -0.3 is 5.11 Å². The minimum Gasteiger partial charge on any atom is -0.393 e. The van der Waals surface area contributed by atoms with E-state index < -0.39 is 6.43 Å². The molecule has 4 rings (SSSR count). The van der Waals surface area contributed by atoms with Crippen LogP contribution >= 0.6 is 0 Å².